The van der Waals surface area contributed by atoms with Crippen LogP contribution in [0.3, 0.4) is 0 Å². The van der Waals surface area contributed by atoms with Gasteiger partial charge >= 0.3 is 11.8 Å². The maximum Gasteiger partial charge on any atom is 0.335 e. The lowest BCUT2D eigenvalue weighted by Crippen LogP contribution is -2.47. The molecule has 0 bridgehead atoms. The van der Waals surface area contributed by atoms with Crippen LogP contribution in [0.15, 0.2) is 0 Å². The van der Waals surface area contributed by atoms with Gasteiger partial charge in [-0.15, -0.1) is 0 Å². The number of rotatable bonds is 5. The molecule has 0 spiro atoms. The Morgan fingerprint density at radius 3 is 1.25 bits per heavy atom. The summed E-state index contributed by atoms with van der Waals surface area (Å²) in [4.78, 5) is 0. The number of methoxy groups -OCH3 is 2. The third kappa shape index (κ3) is 2.60. The Bertz CT molecular complexity index is 122. The van der Waals surface area contributed by atoms with Crippen LogP contribution >= 0.6 is 0 Å². The highest BCUT2D eigenvalue weighted by atomic mass is 19.3. The van der Waals surface area contributed by atoms with Crippen LogP contribution in [0.1, 0.15) is 0 Å². The minimum atomic E-state index is -4.18. The molecule has 0 saturated carbocycles. The van der Waals surface area contributed by atoms with Crippen molar-refractivity contribution in [2.45, 2.75) is 11.8 Å². The second-order valence-electron chi connectivity index (χ2n) is 2.27. The van der Waals surface area contributed by atoms with Crippen molar-refractivity contribution in [1.29, 1.82) is 0 Å². The summed E-state index contributed by atoms with van der Waals surface area (Å²) >= 11 is 0. The van der Waals surface area contributed by atoms with Crippen molar-refractivity contribution in [2.75, 3.05) is 27.4 Å². The molecule has 0 saturated heterocycles. The number of hydrogen-bond donors (Lipinski definition) is 0. The molecular formula is C6H10F4O2. The van der Waals surface area contributed by atoms with E-state index in [0.29, 0.717) is 0 Å². The van der Waals surface area contributed by atoms with Gasteiger partial charge in [0.15, 0.2) is 0 Å². The molecule has 0 aliphatic rings. The first-order valence-electron chi connectivity index (χ1n) is 3.11. The van der Waals surface area contributed by atoms with E-state index in [1.165, 1.54) is 0 Å². The van der Waals surface area contributed by atoms with Gasteiger partial charge in [-0.3, -0.25) is 0 Å². The Balaban J connectivity index is 4.28. The lowest BCUT2D eigenvalue weighted by molar-refractivity contribution is -0.245. The average Bonchev–Trinajstić information content (AvgIpc) is 1.86. The quantitative estimate of drug-likeness (QED) is 0.612. The Kier molecular flexibility index (Phi) is 3.92. The second-order valence-corrected chi connectivity index (χ2v) is 2.27. The van der Waals surface area contributed by atoms with Crippen LogP contribution < -0.4 is 0 Å². The molecule has 0 aliphatic heterocycles. The summed E-state index contributed by atoms with van der Waals surface area (Å²) in [6.45, 7) is -2.63. The summed E-state index contributed by atoms with van der Waals surface area (Å²) < 4.78 is 57.6. The molecule has 0 fully saturated rings. The van der Waals surface area contributed by atoms with Crippen LogP contribution in [0.4, 0.5) is 17.6 Å². The zero-order valence-corrected chi connectivity index (χ0v) is 6.74. The largest absolute Gasteiger partial charge is 0.378 e. The number of hydrogen-bond acceptors (Lipinski definition) is 2. The van der Waals surface area contributed by atoms with Gasteiger partial charge in [-0.2, -0.15) is 17.6 Å². The maximum atomic E-state index is 12.4. The molecule has 6 heteroatoms. The minimum absolute atomic E-state index is 0.927. The summed E-state index contributed by atoms with van der Waals surface area (Å²) in [7, 11) is 1.85. The van der Waals surface area contributed by atoms with E-state index >= 15 is 0 Å². The second kappa shape index (κ2) is 4.04. The van der Waals surface area contributed by atoms with Gasteiger partial charge in [-0.1, -0.05) is 0 Å². The summed E-state index contributed by atoms with van der Waals surface area (Å²) in [6.07, 6.45) is 0. The predicted molar refractivity (Wildman–Crippen MR) is 33.6 cm³/mol. The lowest BCUT2D eigenvalue weighted by Gasteiger charge is -2.24. The summed E-state index contributed by atoms with van der Waals surface area (Å²) in [5, 5.41) is 0. The van der Waals surface area contributed by atoms with Crippen molar-refractivity contribution in [3.8, 4) is 0 Å². The van der Waals surface area contributed by atoms with Crippen LogP contribution in [0.2, 0.25) is 0 Å². The van der Waals surface area contributed by atoms with Gasteiger partial charge in [-0.05, 0) is 0 Å². The highest BCUT2D eigenvalue weighted by molar-refractivity contribution is 4.84. The molecule has 0 aromatic rings. The summed E-state index contributed by atoms with van der Waals surface area (Å²) in [5.41, 5.74) is 0. The Morgan fingerprint density at radius 2 is 1.08 bits per heavy atom. The van der Waals surface area contributed by atoms with E-state index in [9.17, 15) is 17.6 Å². The van der Waals surface area contributed by atoms with Crippen molar-refractivity contribution in [3.05, 3.63) is 0 Å². The molecule has 0 radical (unpaired) electrons. The van der Waals surface area contributed by atoms with E-state index in [0.717, 1.165) is 14.2 Å². The van der Waals surface area contributed by atoms with Crippen LogP contribution in [0.25, 0.3) is 0 Å². The van der Waals surface area contributed by atoms with Gasteiger partial charge in [0.2, 0.25) is 0 Å². The van der Waals surface area contributed by atoms with E-state index in [1.54, 1.807) is 0 Å². The molecule has 0 aliphatic carbocycles. The van der Waals surface area contributed by atoms with Crippen molar-refractivity contribution < 1.29 is 27.0 Å². The molecule has 0 N–H and O–H groups in total. The van der Waals surface area contributed by atoms with Crippen LogP contribution in [0.5, 0.6) is 0 Å². The monoisotopic (exact) mass is 190 g/mol. The van der Waals surface area contributed by atoms with E-state index in [1.807, 2.05) is 0 Å². The molecule has 2 nitrogen and oxygen atoms in total. The third-order valence-electron chi connectivity index (χ3n) is 1.19. The topological polar surface area (TPSA) is 18.5 Å². The number of ether oxygens (including phenoxy) is 2. The first-order chi connectivity index (χ1) is 5.37. The Hall–Kier alpha value is -0.360. The smallest absolute Gasteiger partial charge is 0.335 e. The van der Waals surface area contributed by atoms with Gasteiger partial charge in [0, 0.05) is 14.2 Å². The molecular weight excluding hydrogens is 180 g/mol. The molecule has 0 atom stereocenters. The van der Waals surface area contributed by atoms with Gasteiger partial charge < -0.3 is 9.47 Å². The van der Waals surface area contributed by atoms with Crippen molar-refractivity contribution in [1.82, 2.24) is 0 Å². The molecule has 12 heavy (non-hydrogen) atoms. The van der Waals surface area contributed by atoms with Gasteiger partial charge in [-0.25, -0.2) is 0 Å². The van der Waals surface area contributed by atoms with Crippen molar-refractivity contribution >= 4 is 0 Å². The standard InChI is InChI=1S/C6H10F4O2/c1-11-3-5(7,8)6(9,10)4-12-2/h3-4H2,1-2H3. The average molecular weight is 190 g/mol. The van der Waals surface area contributed by atoms with Crippen LogP contribution in [-0.4, -0.2) is 39.3 Å². The number of halogens is 4. The van der Waals surface area contributed by atoms with Gasteiger partial charge in [0.25, 0.3) is 0 Å². The normalized spacial score (nSPS) is 13.5. The van der Waals surface area contributed by atoms with Gasteiger partial charge in [0.1, 0.15) is 13.2 Å². The lowest BCUT2D eigenvalue weighted by atomic mass is 10.2. The first kappa shape index (κ1) is 11.6. The molecule has 0 heterocycles. The molecule has 0 aromatic heterocycles. The Morgan fingerprint density at radius 1 is 0.833 bits per heavy atom. The fourth-order valence-electron chi connectivity index (χ4n) is 0.574. The highest BCUT2D eigenvalue weighted by Crippen LogP contribution is 2.34. The molecule has 0 aromatic carbocycles. The SMILES string of the molecule is COCC(F)(F)C(F)(F)COC. The molecule has 0 rings (SSSR count). The van der Waals surface area contributed by atoms with E-state index in [-0.39, 0.29) is 0 Å². The van der Waals surface area contributed by atoms with E-state index in [4.69, 9.17) is 0 Å². The zero-order chi connectivity index (χ0) is 9.83. The van der Waals surface area contributed by atoms with Crippen LogP contribution in [0, 0.1) is 0 Å². The first-order valence-corrected chi connectivity index (χ1v) is 3.11. The van der Waals surface area contributed by atoms with Crippen molar-refractivity contribution in [2.24, 2.45) is 0 Å². The molecule has 0 amide bonds. The predicted octanol–water partition coefficient (Wildman–Crippen LogP) is 1.55. The summed E-state index contributed by atoms with van der Waals surface area (Å²) in [5.74, 6) is -8.37. The van der Waals surface area contributed by atoms with Crippen molar-refractivity contribution in [3.63, 3.8) is 0 Å². The zero-order valence-electron chi connectivity index (χ0n) is 6.74. The molecule has 0 unspecified atom stereocenters. The van der Waals surface area contributed by atoms with Gasteiger partial charge in [0.05, 0.1) is 0 Å². The minimum Gasteiger partial charge on any atom is -0.378 e. The number of alkyl halides is 4. The van der Waals surface area contributed by atoms with E-state index in [2.05, 4.69) is 9.47 Å². The highest BCUT2D eigenvalue weighted by Gasteiger charge is 2.56. The maximum absolute atomic E-state index is 12.4. The fraction of sp³-hybridized carbons (Fsp3) is 1.00. The third-order valence-corrected chi connectivity index (χ3v) is 1.19. The van der Waals surface area contributed by atoms with Crippen LogP contribution in [-0.2, 0) is 9.47 Å². The molecule has 74 valence electrons. The fourth-order valence-corrected chi connectivity index (χ4v) is 0.574. The van der Waals surface area contributed by atoms with E-state index < -0.39 is 25.1 Å². The Labute approximate surface area is 67.5 Å². The summed E-state index contributed by atoms with van der Waals surface area (Å²) in [6, 6.07) is 0.